The van der Waals surface area contributed by atoms with Gasteiger partial charge in [0.25, 0.3) is 10.0 Å². The van der Waals surface area contributed by atoms with Crippen molar-refractivity contribution in [3.63, 3.8) is 0 Å². The predicted octanol–water partition coefficient (Wildman–Crippen LogP) is 6.82. The van der Waals surface area contributed by atoms with Crippen LogP contribution in [0.2, 0.25) is 10.0 Å². The monoisotopic (exact) mass is 679 g/mol. The van der Waals surface area contributed by atoms with Crippen molar-refractivity contribution in [2.24, 2.45) is 0 Å². The maximum atomic E-state index is 14.1. The number of nitrogens with one attached hydrogen (secondary N) is 1. The van der Waals surface area contributed by atoms with Gasteiger partial charge in [0.1, 0.15) is 12.6 Å². The van der Waals surface area contributed by atoms with Gasteiger partial charge in [-0.25, -0.2) is 8.42 Å². The van der Waals surface area contributed by atoms with Crippen LogP contribution in [0, 0.1) is 0 Å². The largest absolute Gasteiger partial charge is 0.352 e. The van der Waals surface area contributed by atoms with E-state index in [1.54, 1.807) is 67.6 Å². The molecule has 4 rings (SSSR count). The van der Waals surface area contributed by atoms with E-state index in [1.807, 2.05) is 0 Å². The first kappa shape index (κ1) is 31.3. The van der Waals surface area contributed by atoms with Crippen LogP contribution in [0.1, 0.15) is 44.6 Å². The van der Waals surface area contributed by atoms with Gasteiger partial charge < -0.3 is 10.2 Å². The van der Waals surface area contributed by atoms with E-state index < -0.39 is 28.5 Å². The second-order valence-electron chi connectivity index (χ2n) is 10.0. The number of sulfonamides is 1. The van der Waals surface area contributed by atoms with Crippen molar-refractivity contribution < 1.29 is 18.0 Å². The van der Waals surface area contributed by atoms with Crippen LogP contribution in [0.15, 0.2) is 82.2 Å². The highest BCUT2D eigenvalue weighted by atomic mass is 79.9. The fourth-order valence-corrected chi connectivity index (χ4v) is 7.08. The lowest BCUT2D eigenvalue weighted by Crippen LogP contribution is -2.53. The molecule has 0 radical (unpaired) electrons. The summed E-state index contributed by atoms with van der Waals surface area (Å²) in [6, 6.07) is 18.7. The number of rotatable bonds is 10. The van der Waals surface area contributed by atoms with Crippen LogP contribution >= 0.6 is 39.1 Å². The lowest BCUT2D eigenvalue weighted by Gasteiger charge is -2.33. The number of benzene rings is 3. The van der Waals surface area contributed by atoms with E-state index >= 15 is 0 Å². The highest BCUT2D eigenvalue weighted by Crippen LogP contribution is 2.29. The van der Waals surface area contributed by atoms with Crippen molar-refractivity contribution >= 4 is 66.7 Å². The fourth-order valence-electron chi connectivity index (χ4n) is 4.86. The van der Waals surface area contributed by atoms with E-state index in [1.165, 1.54) is 17.0 Å². The van der Waals surface area contributed by atoms with Gasteiger partial charge in [-0.1, -0.05) is 82.7 Å². The molecule has 1 N–H and O–H groups in total. The van der Waals surface area contributed by atoms with Gasteiger partial charge in [-0.3, -0.25) is 13.9 Å². The average Bonchev–Trinajstić information content (AvgIpc) is 2.97. The van der Waals surface area contributed by atoms with E-state index in [0.29, 0.717) is 21.3 Å². The Bertz CT molecular complexity index is 1450. The SMILES string of the molecule is CC(C(=O)NC1CCCCC1)N(Cc1c(Cl)cccc1Cl)C(=O)CN(c1ccc(Br)cc1)S(=O)(=O)c1ccccc1. The highest BCUT2D eigenvalue weighted by Gasteiger charge is 2.33. The number of carbonyl (C=O) groups excluding carboxylic acids is 2. The average molecular weight is 681 g/mol. The molecule has 0 bridgehead atoms. The Morgan fingerprint density at radius 1 is 0.927 bits per heavy atom. The third-order valence-corrected chi connectivity index (χ3v) is 10.3. The summed E-state index contributed by atoms with van der Waals surface area (Å²) in [6.45, 7) is 1.02. The maximum absolute atomic E-state index is 14.1. The van der Waals surface area contributed by atoms with Gasteiger partial charge in [0, 0.05) is 32.7 Å². The van der Waals surface area contributed by atoms with Gasteiger partial charge in [-0.15, -0.1) is 0 Å². The molecule has 1 saturated carbocycles. The molecule has 0 spiro atoms. The summed E-state index contributed by atoms with van der Waals surface area (Å²) in [5.74, 6) is -0.885. The van der Waals surface area contributed by atoms with Crippen molar-refractivity contribution in [2.75, 3.05) is 10.8 Å². The van der Waals surface area contributed by atoms with Crippen LogP contribution < -0.4 is 9.62 Å². The minimum Gasteiger partial charge on any atom is -0.352 e. The number of halogens is 3. The summed E-state index contributed by atoms with van der Waals surface area (Å²) in [4.78, 5) is 28.9. The third kappa shape index (κ3) is 7.83. The number of anilines is 1. The zero-order chi connectivity index (χ0) is 29.6. The van der Waals surface area contributed by atoms with Gasteiger partial charge in [0.05, 0.1) is 10.6 Å². The molecule has 0 aliphatic heterocycles. The maximum Gasteiger partial charge on any atom is 0.264 e. The van der Waals surface area contributed by atoms with Crippen LogP contribution in [-0.2, 0) is 26.2 Å². The molecule has 1 atom stereocenters. The highest BCUT2D eigenvalue weighted by molar-refractivity contribution is 9.10. The number of nitrogens with zero attached hydrogens (tertiary/aromatic N) is 2. The second-order valence-corrected chi connectivity index (χ2v) is 13.6. The predicted molar refractivity (Wildman–Crippen MR) is 167 cm³/mol. The van der Waals surface area contributed by atoms with Gasteiger partial charge in [-0.05, 0) is 68.3 Å². The Balaban J connectivity index is 1.69. The Morgan fingerprint density at radius 2 is 1.54 bits per heavy atom. The van der Waals surface area contributed by atoms with E-state index in [0.717, 1.165) is 40.9 Å². The van der Waals surface area contributed by atoms with Gasteiger partial charge >= 0.3 is 0 Å². The smallest absolute Gasteiger partial charge is 0.264 e. The summed E-state index contributed by atoms with van der Waals surface area (Å²) in [7, 11) is -4.14. The van der Waals surface area contributed by atoms with Crippen LogP contribution in [-0.4, -0.2) is 43.8 Å². The molecule has 0 saturated heterocycles. The van der Waals surface area contributed by atoms with Crippen LogP contribution in [0.4, 0.5) is 5.69 Å². The molecule has 41 heavy (non-hydrogen) atoms. The second kappa shape index (κ2) is 14.1. The van der Waals surface area contributed by atoms with E-state index in [4.69, 9.17) is 23.2 Å². The molecule has 2 amide bonds. The van der Waals surface area contributed by atoms with Crippen molar-refractivity contribution in [2.45, 2.75) is 62.6 Å². The zero-order valence-corrected chi connectivity index (χ0v) is 26.5. The normalized spacial score (nSPS) is 14.7. The van der Waals surface area contributed by atoms with Gasteiger partial charge in [0.2, 0.25) is 11.8 Å². The van der Waals surface area contributed by atoms with E-state index in [-0.39, 0.29) is 23.4 Å². The molecule has 7 nitrogen and oxygen atoms in total. The molecular weight excluding hydrogens is 649 g/mol. The lowest BCUT2D eigenvalue weighted by molar-refractivity contribution is -0.139. The quantitative estimate of drug-likeness (QED) is 0.255. The van der Waals surface area contributed by atoms with Gasteiger partial charge in [-0.2, -0.15) is 0 Å². The zero-order valence-electron chi connectivity index (χ0n) is 22.6. The molecule has 218 valence electrons. The van der Waals surface area contributed by atoms with Crippen molar-refractivity contribution in [3.8, 4) is 0 Å². The number of carbonyl (C=O) groups is 2. The first-order chi connectivity index (χ1) is 19.6. The Kier molecular flexibility index (Phi) is 10.7. The standard InChI is InChI=1S/C30H32BrCl2N3O4S/c1-21(30(38)34-23-9-4-2-5-10-23)35(19-26-27(32)13-8-14-28(26)33)29(37)20-36(24-17-15-22(31)16-18-24)41(39,40)25-11-6-3-7-12-25/h3,6-8,11-18,21,23H,2,4-5,9-10,19-20H2,1H3,(H,34,38). The molecule has 1 fully saturated rings. The number of hydrogen-bond donors (Lipinski definition) is 1. The molecule has 3 aromatic rings. The molecular formula is C30H32BrCl2N3O4S. The van der Waals surface area contributed by atoms with Crippen molar-refractivity contribution in [3.05, 3.63) is 92.9 Å². The first-order valence-corrected chi connectivity index (χ1v) is 16.4. The first-order valence-electron chi connectivity index (χ1n) is 13.4. The van der Waals surface area contributed by atoms with E-state index in [9.17, 15) is 18.0 Å². The Morgan fingerprint density at radius 3 is 2.15 bits per heavy atom. The van der Waals surface area contributed by atoms with Gasteiger partial charge in [0.15, 0.2) is 0 Å². The molecule has 3 aromatic carbocycles. The summed E-state index contributed by atoms with van der Waals surface area (Å²) >= 11 is 16.3. The lowest BCUT2D eigenvalue weighted by atomic mass is 9.95. The summed E-state index contributed by atoms with van der Waals surface area (Å²) < 4.78 is 29.5. The fraction of sp³-hybridized carbons (Fsp3) is 0.333. The molecule has 0 heterocycles. The number of amides is 2. The van der Waals surface area contributed by atoms with Crippen LogP contribution in [0.5, 0.6) is 0 Å². The van der Waals surface area contributed by atoms with Crippen LogP contribution in [0.3, 0.4) is 0 Å². The minimum absolute atomic E-state index is 0.0391. The van der Waals surface area contributed by atoms with Crippen LogP contribution in [0.25, 0.3) is 0 Å². The molecule has 1 aliphatic rings. The van der Waals surface area contributed by atoms with Crippen molar-refractivity contribution in [1.82, 2.24) is 10.2 Å². The van der Waals surface area contributed by atoms with E-state index in [2.05, 4.69) is 21.2 Å². The molecule has 1 aliphatic carbocycles. The summed E-state index contributed by atoms with van der Waals surface area (Å²) in [5.41, 5.74) is 0.781. The minimum atomic E-state index is -4.14. The third-order valence-electron chi connectivity index (χ3n) is 7.23. The molecule has 0 aromatic heterocycles. The Hall–Kier alpha value is -2.59. The molecule has 11 heteroatoms. The number of hydrogen-bond acceptors (Lipinski definition) is 4. The summed E-state index contributed by atoms with van der Waals surface area (Å²) in [6.07, 6.45) is 4.98. The van der Waals surface area contributed by atoms with Crippen molar-refractivity contribution in [1.29, 1.82) is 0 Å². The molecule has 1 unspecified atom stereocenters. The summed E-state index contributed by atoms with van der Waals surface area (Å²) in [5, 5.41) is 3.77. The Labute approximate surface area is 260 Å². The topological polar surface area (TPSA) is 86.8 Å².